The van der Waals surface area contributed by atoms with Crippen molar-refractivity contribution in [1.29, 1.82) is 0 Å². The normalized spacial score (nSPS) is 19.2. The Bertz CT molecular complexity index is 748. The lowest BCUT2D eigenvalue weighted by molar-refractivity contribution is -0.128. The number of rotatable bonds is 2. The topological polar surface area (TPSA) is 76.2 Å². The average molecular weight is 402 g/mol. The van der Waals surface area contributed by atoms with E-state index in [9.17, 15) is 14.4 Å². The first-order chi connectivity index (χ1) is 13.7. The van der Waals surface area contributed by atoms with E-state index >= 15 is 0 Å². The van der Waals surface area contributed by atoms with E-state index in [4.69, 9.17) is 9.47 Å². The number of piperidine rings is 2. The Labute approximate surface area is 171 Å². The second-order valence-electron chi connectivity index (χ2n) is 9.08. The molecule has 0 N–H and O–H groups in total. The third kappa shape index (κ3) is 5.71. The summed E-state index contributed by atoms with van der Waals surface area (Å²) in [6.07, 6.45) is 0.986. The van der Waals surface area contributed by atoms with Gasteiger partial charge in [0.15, 0.2) is 5.78 Å². The van der Waals surface area contributed by atoms with Crippen LogP contribution in [0.5, 0.6) is 0 Å². The van der Waals surface area contributed by atoms with E-state index in [-0.39, 0.29) is 30.4 Å². The first kappa shape index (κ1) is 21.1. The average Bonchev–Trinajstić information content (AvgIpc) is 2.65. The number of carbonyl (C=O) groups is 3. The lowest BCUT2D eigenvalue weighted by Gasteiger charge is -2.46. The quantitative estimate of drug-likeness (QED) is 0.755. The van der Waals surface area contributed by atoms with Crippen molar-refractivity contribution in [3.05, 3.63) is 35.9 Å². The van der Waals surface area contributed by atoms with Crippen molar-refractivity contribution >= 4 is 18.0 Å². The predicted octanol–water partition coefficient (Wildman–Crippen LogP) is 3.62. The Morgan fingerprint density at radius 1 is 1.03 bits per heavy atom. The van der Waals surface area contributed by atoms with Gasteiger partial charge in [0.2, 0.25) is 0 Å². The highest BCUT2D eigenvalue weighted by Crippen LogP contribution is 2.39. The maximum absolute atomic E-state index is 12.4. The molecule has 0 radical (unpaired) electrons. The molecule has 3 rings (SSSR count). The third-order valence-electron chi connectivity index (χ3n) is 5.40. The molecule has 0 unspecified atom stereocenters. The molecule has 2 fully saturated rings. The highest BCUT2D eigenvalue weighted by Gasteiger charge is 2.44. The number of carbonyl (C=O) groups excluding carboxylic acids is 3. The minimum atomic E-state index is -0.601. The number of Topliss-reactive ketones (excluding diaryl/α,β-unsaturated/α-hetero) is 1. The molecule has 0 bridgehead atoms. The molecule has 7 heteroatoms. The van der Waals surface area contributed by atoms with Crippen LogP contribution in [0.4, 0.5) is 9.59 Å². The SMILES string of the molecule is CC(C)(C)OC(=O)N1CC(=O)CC2(CCN(C(=O)OCc3ccccc3)CC2)C1. The Hall–Kier alpha value is -2.57. The van der Waals surface area contributed by atoms with Gasteiger partial charge in [0.1, 0.15) is 12.2 Å². The largest absolute Gasteiger partial charge is 0.445 e. The van der Waals surface area contributed by atoms with Crippen molar-refractivity contribution in [1.82, 2.24) is 9.80 Å². The minimum absolute atomic E-state index is 0.0437. The van der Waals surface area contributed by atoms with Crippen LogP contribution >= 0.6 is 0 Å². The highest BCUT2D eigenvalue weighted by molar-refractivity contribution is 5.86. The Morgan fingerprint density at radius 3 is 2.31 bits per heavy atom. The lowest BCUT2D eigenvalue weighted by Crippen LogP contribution is -2.55. The van der Waals surface area contributed by atoms with Crippen molar-refractivity contribution in [3.8, 4) is 0 Å². The van der Waals surface area contributed by atoms with Crippen LogP contribution < -0.4 is 0 Å². The monoisotopic (exact) mass is 402 g/mol. The Kier molecular flexibility index (Phi) is 6.15. The molecule has 0 saturated carbocycles. The van der Waals surface area contributed by atoms with E-state index in [1.807, 2.05) is 51.1 Å². The van der Waals surface area contributed by atoms with Crippen LogP contribution in [0.1, 0.15) is 45.6 Å². The molecular weight excluding hydrogens is 372 g/mol. The van der Waals surface area contributed by atoms with Crippen molar-refractivity contribution in [3.63, 3.8) is 0 Å². The van der Waals surface area contributed by atoms with Crippen LogP contribution in [0, 0.1) is 5.41 Å². The van der Waals surface area contributed by atoms with Gasteiger partial charge in [0, 0.05) is 26.1 Å². The van der Waals surface area contributed by atoms with E-state index in [0.717, 1.165) is 5.56 Å². The number of likely N-dealkylation sites (tertiary alicyclic amines) is 2. The summed E-state index contributed by atoms with van der Waals surface area (Å²) in [5.74, 6) is 0.0437. The molecular formula is C22H30N2O5. The van der Waals surface area contributed by atoms with Gasteiger partial charge in [0.05, 0.1) is 6.54 Å². The molecule has 158 valence electrons. The summed E-state index contributed by atoms with van der Waals surface area (Å²) in [7, 11) is 0. The predicted molar refractivity (Wildman–Crippen MR) is 107 cm³/mol. The van der Waals surface area contributed by atoms with Gasteiger partial charge in [-0.25, -0.2) is 9.59 Å². The molecule has 2 aliphatic heterocycles. The standard InChI is InChI=1S/C22H30N2O5/c1-21(2,3)29-20(27)24-14-18(25)13-22(16-24)9-11-23(12-10-22)19(26)28-15-17-7-5-4-6-8-17/h4-8H,9-16H2,1-3H3. The van der Waals surface area contributed by atoms with Crippen LogP contribution in [0.3, 0.4) is 0 Å². The molecule has 2 heterocycles. The van der Waals surface area contributed by atoms with Gasteiger partial charge in [-0.15, -0.1) is 0 Å². The van der Waals surface area contributed by atoms with E-state index < -0.39 is 11.7 Å². The molecule has 7 nitrogen and oxygen atoms in total. The number of hydrogen-bond acceptors (Lipinski definition) is 5. The van der Waals surface area contributed by atoms with Crippen LogP contribution in [0.25, 0.3) is 0 Å². The van der Waals surface area contributed by atoms with Gasteiger partial charge in [0.25, 0.3) is 0 Å². The summed E-state index contributed by atoms with van der Waals surface area (Å²) < 4.78 is 10.9. The lowest BCUT2D eigenvalue weighted by atomic mass is 9.72. The molecule has 1 aromatic carbocycles. The maximum atomic E-state index is 12.4. The van der Waals surface area contributed by atoms with E-state index in [1.165, 1.54) is 4.90 Å². The summed E-state index contributed by atoms with van der Waals surface area (Å²) in [5, 5.41) is 0. The first-order valence-electron chi connectivity index (χ1n) is 10.1. The number of nitrogens with zero attached hydrogens (tertiary/aromatic N) is 2. The van der Waals surface area contributed by atoms with Crippen LogP contribution in [-0.2, 0) is 20.9 Å². The molecule has 1 aromatic rings. The number of amides is 2. The maximum Gasteiger partial charge on any atom is 0.410 e. The second kappa shape index (κ2) is 8.43. The number of ketones is 1. The van der Waals surface area contributed by atoms with Crippen molar-refractivity contribution < 1.29 is 23.9 Å². The first-order valence-corrected chi connectivity index (χ1v) is 10.1. The fourth-order valence-electron chi connectivity index (χ4n) is 3.97. The molecule has 0 aromatic heterocycles. The summed E-state index contributed by atoms with van der Waals surface area (Å²) >= 11 is 0. The summed E-state index contributed by atoms with van der Waals surface area (Å²) in [5.41, 5.74) is 0.0548. The smallest absolute Gasteiger partial charge is 0.410 e. The number of ether oxygens (including phenoxy) is 2. The Balaban J connectivity index is 1.54. The zero-order chi connectivity index (χ0) is 21.1. The third-order valence-corrected chi connectivity index (χ3v) is 5.40. The Morgan fingerprint density at radius 2 is 1.69 bits per heavy atom. The fourth-order valence-corrected chi connectivity index (χ4v) is 3.97. The van der Waals surface area contributed by atoms with Crippen molar-refractivity contribution in [2.75, 3.05) is 26.2 Å². The van der Waals surface area contributed by atoms with Gasteiger partial charge in [-0.1, -0.05) is 30.3 Å². The number of hydrogen-bond donors (Lipinski definition) is 0. The zero-order valence-electron chi connectivity index (χ0n) is 17.5. The highest BCUT2D eigenvalue weighted by atomic mass is 16.6. The number of benzene rings is 1. The van der Waals surface area contributed by atoms with E-state index in [2.05, 4.69) is 0 Å². The molecule has 0 aliphatic carbocycles. The summed E-state index contributed by atoms with van der Waals surface area (Å²) in [6, 6.07) is 9.56. The summed E-state index contributed by atoms with van der Waals surface area (Å²) in [4.78, 5) is 40.4. The van der Waals surface area contributed by atoms with Gasteiger partial charge < -0.3 is 19.3 Å². The van der Waals surface area contributed by atoms with Crippen molar-refractivity contribution in [2.24, 2.45) is 5.41 Å². The molecule has 2 saturated heterocycles. The zero-order valence-corrected chi connectivity index (χ0v) is 17.5. The molecule has 2 aliphatic rings. The second-order valence-corrected chi connectivity index (χ2v) is 9.08. The molecule has 0 atom stereocenters. The molecule has 1 spiro atoms. The molecule has 2 amide bonds. The van der Waals surface area contributed by atoms with Gasteiger partial charge in [-0.3, -0.25) is 4.79 Å². The summed E-state index contributed by atoms with van der Waals surface area (Å²) in [6.45, 7) is 7.29. The van der Waals surface area contributed by atoms with E-state index in [1.54, 1.807) is 4.90 Å². The van der Waals surface area contributed by atoms with Gasteiger partial charge in [-0.05, 0) is 44.6 Å². The van der Waals surface area contributed by atoms with Crippen LogP contribution in [0.2, 0.25) is 0 Å². The van der Waals surface area contributed by atoms with Crippen LogP contribution in [-0.4, -0.2) is 59.5 Å². The van der Waals surface area contributed by atoms with Gasteiger partial charge in [-0.2, -0.15) is 0 Å². The van der Waals surface area contributed by atoms with E-state index in [0.29, 0.717) is 38.9 Å². The van der Waals surface area contributed by atoms with Gasteiger partial charge >= 0.3 is 12.2 Å². The minimum Gasteiger partial charge on any atom is -0.445 e. The fraction of sp³-hybridized carbons (Fsp3) is 0.591. The van der Waals surface area contributed by atoms with Crippen LogP contribution in [0.15, 0.2) is 30.3 Å². The molecule has 29 heavy (non-hydrogen) atoms. The van der Waals surface area contributed by atoms with Crippen molar-refractivity contribution in [2.45, 2.75) is 52.2 Å².